The molecule has 0 bridgehead atoms. The Bertz CT molecular complexity index is 712. The predicted octanol–water partition coefficient (Wildman–Crippen LogP) is 1.23. The molecule has 10 heteroatoms. The minimum absolute atomic E-state index is 0. The zero-order valence-corrected chi connectivity index (χ0v) is 15.7. The lowest BCUT2D eigenvalue weighted by atomic mass is 9.88. The molecule has 3 N–H and O–H groups in total. The molecule has 1 aromatic carbocycles. The van der Waals surface area contributed by atoms with Crippen LogP contribution in [0.5, 0.6) is 5.75 Å². The van der Waals surface area contributed by atoms with E-state index in [1.165, 1.54) is 23.1 Å². The van der Waals surface area contributed by atoms with Crippen molar-refractivity contribution < 1.29 is 19.2 Å². The Hall–Kier alpha value is -2.39. The summed E-state index contributed by atoms with van der Waals surface area (Å²) in [6.07, 6.45) is 0. The molecule has 0 aliphatic carbocycles. The molecule has 26 heavy (non-hydrogen) atoms. The van der Waals surface area contributed by atoms with Crippen molar-refractivity contribution in [2.24, 2.45) is 11.7 Å². The first kappa shape index (κ1) is 21.7. The van der Waals surface area contributed by atoms with E-state index in [-0.39, 0.29) is 49.4 Å². The topological polar surface area (TPSA) is 128 Å². The van der Waals surface area contributed by atoms with Crippen LogP contribution in [0.3, 0.4) is 0 Å². The van der Waals surface area contributed by atoms with Gasteiger partial charge in [0, 0.05) is 18.7 Å². The second kappa shape index (κ2) is 8.33. The highest BCUT2D eigenvalue weighted by molar-refractivity contribution is 6.02. The van der Waals surface area contributed by atoms with Crippen molar-refractivity contribution in [3.05, 3.63) is 28.3 Å². The fourth-order valence-electron chi connectivity index (χ4n) is 2.41. The van der Waals surface area contributed by atoms with Crippen LogP contribution in [0.25, 0.3) is 0 Å². The van der Waals surface area contributed by atoms with E-state index in [4.69, 9.17) is 10.5 Å². The summed E-state index contributed by atoms with van der Waals surface area (Å²) in [5, 5.41) is 13.8. The van der Waals surface area contributed by atoms with Gasteiger partial charge in [0.2, 0.25) is 5.91 Å². The molecule has 1 aromatic rings. The lowest BCUT2D eigenvalue weighted by Crippen LogP contribution is -2.57. The average molecular weight is 387 g/mol. The third kappa shape index (κ3) is 4.41. The number of halogens is 1. The Morgan fingerprint density at radius 2 is 2.15 bits per heavy atom. The molecule has 1 unspecified atom stereocenters. The minimum Gasteiger partial charge on any atom is -0.482 e. The van der Waals surface area contributed by atoms with Crippen molar-refractivity contribution in [3.63, 3.8) is 0 Å². The number of rotatable bonds is 6. The summed E-state index contributed by atoms with van der Waals surface area (Å²) in [5.74, 6) is -0.421. The van der Waals surface area contributed by atoms with E-state index < -0.39 is 22.3 Å². The van der Waals surface area contributed by atoms with E-state index in [1.807, 2.05) is 20.8 Å². The number of carbonyl (C=O) groups excluding carboxylic acids is 2. The molecule has 144 valence electrons. The van der Waals surface area contributed by atoms with Crippen molar-refractivity contribution in [1.82, 2.24) is 5.32 Å². The number of anilines is 1. The number of nitrogens with one attached hydrogen (secondary N) is 1. The van der Waals surface area contributed by atoms with Crippen molar-refractivity contribution in [2.75, 3.05) is 24.6 Å². The van der Waals surface area contributed by atoms with E-state index in [0.29, 0.717) is 5.75 Å². The van der Waals surface area contributed by atoms with Gasteiger partial charge in [-0.2, -0.15) is 0 Å². The summed E-state index contributed by atoms with van der Waals surface area (Å²) in [7, 11) is 0. The van der Waals surface area contributed by atoms with Crippen LogP contribution >= 0.6 is 12.4 Å². The van der Waals surface area contributed by atoms with Crippen molar-refractivity contribution in [1.29, 1.82) is 0 Å². The standard InChI is InChI=1S/C16H22N4O5.ClH/c1-10(2)16(3,9-17)18-14(21)7-19-12-6-11(20(23)24)4-5-13(12)25-8-15(19)22;/h4-6,10H,7-9,17H2,1-3H3,(H,18,21);1H. The van der Waals surface area contributed by atoms with E-state index in [1.54, 1.807) is 0 Å². The summed E-state index contributed by atoms with van der Waals surface area (Å²) in [5.41, 5.74) is 5.17. The third-order valence-corrected chi connectivity index (χ3v) is 4.52. The predicted molar refractivity (Wildman–Crippen MR) is 98.6 cm³/mol. The number of nitrogens with two attached hydrogens (primary N) is 1. The molecular weight excluding hydrogens is 364 g/mol. The van der Waals surface area contributed by atoms with Crippen molar-refractivity contribution >= 4 is 35.6 Å². The minimum atomic E-state index is -0.613. The summed E-state index contributed by atoms with van der Waals surface area (Å²) in [6.45, 7) is 5.46. The molecule has 1 atom stereocenters. The van der Waals surface area contributed by atoms with Crippen LogP contribution in [0.1, 0.15) is 20.8 Å². The Kier molecular flexibility index (Phi) is 6.93. The summed E-state index contributed by atoms with van der Waals surface area (Å²) in [4.78, 5) is 36.2. The molecule has 1 heterocycles. The van der Waals surface area contributed by atoms with E-state index >= 15 is 0 Å². The van der Waals surface area contributed by atoms with E-state index in [2.05, 4.69) is 5.32 Å². The Balaban J connectivity index is 0.00000338. The van der Waals surface area contributed by atoms with Gasteiger partial charge in [0.15, 0.2) is 6.61 Å². The van der Waals surface area contributed by atoms with Crippen LogP contribution in [0.4, 0.5) is 11.4 Å². The number of ether oxygens (including phenoxy) is 1. The number of non-ortho nitro benzene ring substituents is 1. The molecule has 0 spiro atoms. The summed E-state index contributed by atoms with van der Waals surface area (Å²) in [6, 6.07) is 3.93. The molecule has 0 aromatic heterocycles. The zero-order chi connectivity index (χ0) is 18.8. The normalized spacial score (nSPS) is 15.4. The maximum atomic E-state index is 12.4. The number of amides is 2. The van der Waals surface area contributed by atoms with Crippen LogP contribution in [0, 0.1) is 16.0 Å². The van der Waals surface area contributed by atoms with Crippen LogP contribution in [0.15, 0.2) is 18.2 Å². The van der Waals surface area contributed by atoms with Gasteiger partial charge in [0.25, 0.3) is 11.6 Å². The number of carbonyl (C=O) groups is 2. The summed E-state index contributed by atoms with van der Waals surface area (Å²) >= 11 is 0. The number of fused-ring (bicyclic) bond motifs is 1. The van der Waals surface area contributed by atoms with Crippen molar-refractivity contribution in [2.45, 2.75) is 26.3 Å². The first-order valence-electron chi connectivity index (χ1n) is 7.90. The summed E-state index contributed by atoms with van der Waals surface area (Å²) < 4.78 is 5.28. The Labute approximate surface area is 157 Å². The Morgan fingerprint density at radius 1 is 1.50 bits per heavy atom. The number of hydrogen-bond donors (Lipinski definition) is 2. The van der Waals surface area contributed by atoms with Gasteiger partial charge in [-0.05, 0) is 18.9 Å². The van der Waals surface area contributed by atoms with Crippen LogP contribution in [-0.2, 0) is 9.59 Å². The molecule has 0 saturated carbocycles. The fraction of sp³-hybridized carbons (Fsp3) is 0.500. The number of nitro groups is 1. The second-order valence-corrected chi connectivity index (χ2v) is 6.50. The van der Waals surface area contributed by atoms with Crippen molar-refractivity contribution in [3.8, 4) is 5.75 Å². The third-order valence-electron chi connectivity index (χ3n) is 4.52. The monoisotopic (exact) mass is 386 g/mol. The largest absolute Gasteiger partial charge is 0.482 e. The van der Waals surface area contributed by atoms with Gasteiger partial charge in [-0.25, -0.2) is 0 Å². The van der Waals surface area contributed by atoms with Gasteiger partial charge in [0.1, 0.15) is 12.3 Å². The first-order chi connectivity index (χ1) is 11.7. The molecule has 9 nitrogen and oxygen atoms in total. The highest BCUT2D eigenvalue weighted by Crippen LogP contribution is 2.35. The quantitative estimate of drug-likeness (QED) is 0.559. The van der Waals surface area contributed by atoms with Gasteiger partial charge in [-0.3, -0.25) is 24.6 Å². The molecule has 1 aliphatic rings. The first-order valence-corrected chi connectivity index (χ1v) is 7.90. The molecule has 2 rings (SSSR count). The number of benzene rings is 1. The number of nitrogens with zero attached hydrogens (tertiary/aromatic N) is 2. The fourth-order valence-corrected chi connectivity index (χ4v) is 2.41. The molecular formula is C16H23ClN4O5. The molecule has 0 fully saturated rings. The smallest absolute Gasteiger partial charge is 0.271 e. The second-order valence-electron chi connectivity index (χ2n) is 6.50. The lowest BCUT2D eigenvalue weighted by Gasteiger charge is -2.35. The van der Waals surface area contributed by atoms with Crippen LogP contribution in [-0.4, -0.2) is 42.0 Å². The molecule has 1 aliphatic heterocycles. The maximum absolute atomic E-state index is 12.4. The Morgan fingerprint density at radius 3 is 2.69 bits per heavy atom. The van der Waals surface area contributed by atoms with Crippen LogP contribution in [0.2, 0.25) is 0 Å². The van der Waals surface area contributed by atoms with E-state index in [0.717, 1.165) is 0 Å². The molecule has 2 amide bonds. The lowest BCUT2D eigenvalue weighted by molar-refractivity contribution is -0.384. The number of hydrogen-bond acceptors (Lipinski definition) is 6. The molecule has 0 saturated heterocycles. The highest BCUT2D eigenvalue weighted by atomic mass is 35.5. The maximum Gasteiger partial charge on any atom is 0.271 e. The number of nitro benzene ring substituents is 1. The average Bonchev–Trinajstić information content (AvgIpc) is 2.56. The van der Waals surface area contributed by atoms with Gasteiger partial charge in [-0.15, -0.1) is 12.4 Å². The van der Waals surface area contributed by atoms with Gasteiger partial charge in [-0.1, -0.05) is 13.8 Å². The SMILES string of the molecule is CC(C)C(C)(CN)NC(=O)CN1C(=O)COc2ccc([N+](=O)[O-])cc21.Cl. The molecule has 0 radical (unpaired) electrons. The van der Waals surface area contributed by atoms with E-state index in [9.17, 15) is 19.7 Å². The van der Waals surface area contributed by atoms with Crippen LogP contribution < -0.4 is 20.7 Å². The van der Waals surface area contributed by atoms with Gasteiger partial charge in [0.05, 0.1) is 16.1 Å². The highest BCUT2D eigenvalue weighted by Gasteiger charge is 2.32. The van der Waals surface area contributed by atoms with Gasteiger partial charge >= 0.3 is 0 Å². The zero-order valence-electron chi connectivity index (χ0n) is 14.9. The van der Waals surface area contributed by atoms with Gasteiger partial charge < -0.3 is 15.8 Å².